The number of pyridine rings is 1. The fourth-order valence-electron chi connectivity index (χ4n) is 1.85. The Morgan fingerprint density at radius 1 is 1.29 bits per heavy atom. The number of nitrogens with zero attached hydrogens (tertiary/aromatic N) is 2. The van der Waals surface area contributed by atoms with Gasteiger partial charge in [0.1, 0.15) is 18.2 Å². The predicted octanol–water partition coefficient (Wildman–Crippen LogP) is 3.66. The van der Waals surface area contributed by atoms with Gasteiger partial charge in [-0.3, -0.25) is 0 Å². The molecule has 0 aliphatic carbocycles. The molecule has 0 atom stereocenters. The highest BCUT2D eigenvalue weighted by Crippen LogP contribution is 2.20. The van der Waals surface area contributed by atoms with Gasteiger partial charge < -0.3 is 10.1 Å². The molecule has 0 radical (unpaired) electrons. The Morgan fingerprint density at radius 2 is 2.14 bits per heavy atom. The average Bonchev–Trinajstić information content (AvgIpc) is 2.53. The minimum atomic E-state index is 0.441. The van der Waals surface area contributed by atoms with E-state index in [-0.39, 0.29) is 0 Å². The van der Waals surface area contributed by atoms with Gasteiger partial charge >= 0.3 is 0 Å². The van der Waals surface area contributed by atoms with Crippen molar-refractivity contribution in [3.63, 3.8) is 0 Å². The zero-order valence-electron chi connectivity index (χ0n) is 12.4. The van der Waals surface area contributed by atoms with Gasteiger partial charge in [0.05, 0.1) is 11.6 Å². The Kier molecular flexibility index (Phi) is 5.16. The van der Waals surface area contributed by atoms with Crippen LogP contribution < -0.4 is 10.1 Å². The highest BCUT2D eigenvalue weighted by atomic mass is 16.5. The molecular formula is C17H19N3O. The largest absolute Gasteiger partial charge is 0.489 e. The second kappa shape index (κ2) is 7.30. The van der Waals surface area contributed by atoms with Crippen molar-refractivity contribution in [3.8, 4) is 11.8 Å². The molecule has 0 unspecified atom stereocenters. The quantitative estimate of drug-likeness (QED) is 0.877. The Labute approximate surface area is 125 Å². The first-order valence-corrected chi connectivity index (χ1v) is 7.05. The molecular weight excluding hydrogens is 262 g/mol. The third-order valence-electron chi connectivity index (χ3n) is 3.09. The monoisotopic (exact) mass is 281 g/mol. The fourth-order valence-corrected chi connectivity index (χ4v) is 1.85. The molecule has 4 nitrogen and oxygen atoms in total. The Balaban J connectivity index is 1.98. The molecule has 0 spiro atoms. The molecule has 1 N–H and O–H groups in total. The van der Waals surface area contributed by atoms with Gasteiger partial charge in [-0.25, -0.2) is 4.98 Å². The summed E-state index contributed by atoms with van der Waals surface area (Å²) in [6.07, 6.45) is 2.88. The lowest BCUT2D eigenvalue weighted by molar-refractivity contribution is 0.303. The lowest BCUT2D eigenvalue weighted by Crippen LogP contribution is -2.03. The highest BCUT2D eigenvalue weighted by Gasteiger charge is 2.03. The Morgan fingerprint density at radius 3 is 2.81 bits per heavy atom. The lowest BCUT2D eigenvalue weighted by Gasteiger charge is -2.10. The van der Waals surface area contributed by atoms with Crippen LogP contribution in [-0.4, -0.2) is 11.5 Å². The third kappa shape index (κ3) is 4.22. The number of nitriles is 1. The first kappa shape index (κ1) is 14.9. The smallest absolute Gasteiger partial charge is 0.125 e. The van der Waals surface area contributed by atoms with E-state index < -0.39 is 0 Å². The number of benzene rings is 1. The van der Waals surface area contributed by atoms with Crippen LogP contribution in [0.1, 0.15) is 30.0 Å². The minimum Gasteiger partial charge on any atom is -0.489 e. The van der Waals surface area contributed by atoms with Crippen molar-refractivity contribution in [2.75, 3.05) is 11.9 Å². The maximum Gasteiger partial charge on any atom is 0.125 e. The zero-order chi connectivity index (χ0) is 15.1. The number of hydrogen-bond donors (Lipinski definition) is 1. The molecule has 0 fully saturated rings. The molecule has 0 aliphatic heterocycles. The molecule has 108 valence electrons. The molecule has 0 saturated heterocycles. The number of rotatable bonds is 6. The summed E-state index contributed by atoms with van der Waals surface area (Å²) in [7, 11) is 0. The van der Waals surface area contributed by atoms with Gasteiger partial charge in [0.15, 0.2) is 0 Å². The second-order valence-corrected chi connectivity index (χ2v) is 4.86. The van der Waals surface area contributed by atoms with Gasteiger partial charge in [-0.1, -0.05) is 19.1 Å². The number of anilines is 1. The van der Waals surface area contributed by atoms with E-state index in [9.17, 15) is 0 Å². The number of aryl methyl sites for hydroxylation is 1. The number of nitrogens with one attached hydrogen (secondary N) is 1. The first-order valence-electron chi connectivity index (χ1n) is 7.05. The number of hydrogen-bond acceptors (Lipinski definition) is 4. The van der Waals surface area contributed by atoms with Crippen molar-refractivity contribution in [1.82, 2.24) is 4.98 Å². The molecule has 4 heteroatoms. The van der Waals surface area contributed by atoms with E-state index in [1.54, 1.807) is 12.1 Å². The van der Waals surface area contributed by atoms with Crippen LogP contribution in [0.25, 0.3) is 0 Å². The van der Waals surface area contributed by atoms with Gasteiger partial charge in [0.25, 0.3) is 0 Å². The second-order valence-electron chi connectivity index (χ2n) is 4.86. The van der Waals surface area contributed by atoms with E-state index in [4.69, 9.17) is 10.00 Å². The van der Waals surface area contributed by atoms with Gasteiger partial charge in [0, 0.05) is 18.3 Å². The molecule has 2 rings (SSSR count). The van der Waals surface area contributed by atoms with Gasteiger partial charge in [-0.15, -0.1) is 0 Å². The van der Waals surface area contributed by atoms with E-state index in [0.717, 1.165) is 35.7 Å². The molecule has 0 saturated carbocycles. The van der Waals surface area contributed by atoms with Crippen LogP contribution in [0.3, 0.4) is 0 Å². The van der Waals surface area contributed by atoms with Crippen molar-refractivity contribution in [3.05, 3.63) is 53.2 Å². The van der Waals surface area contributed by atoms with Crippen LogP contribution >= 0.6 is 0 Å². The zero-order valence-corrected chi connectivity index (χ0v) is 12.4. The summed E-state index contributed by atoms with van der Waals surface area (Å²) in [5, 5.41) is 12.1. The first-order chi connectivity index (χ1) is 10.2. The van der Waals surface area contributed by atoms with Gasteiger partial charge in [-0.2, -0.15) is 5.26 Å². The fraction of sp³-hybridized carbons (Fsp3) is 0.294. The molecule has 0 aliphatic rings. The molecule has 2 aromatic rings. The van der Waals surface area contributed by atoms with Crippen molar-refractivity contribution < 1.29 is 4.74 Å². The number of aromatic nitrogens is 1. The Hall–Kier alpha value is -2.54. The highest BCUT2D eigenvalue weighted by molar-refractivity contribution is 5.42. The van der Waals surface area contributed by atoms with Crippen LogP contribution in [0.5, 0.6) is 5.75 Å². The molecule has 1 aromatic carbocycles. The van der Waals surface area contributed by atoms with E-state index >= 15 is 0 Å². The molecule has 0 amide bonds. The van der Waals surface area contributed by atoms with Crippen molar-refractivity contribution in [1.29, 1.82) is 5.26 Å². The minimum absolute atomic E-state index is 0.441. The van der Waals surface area contributed by atoms with Crippen molar-refractivity contribution in [2.24, 2.45) is 0 Å². The summed E-state index contributed by atoms with van der Waals surface area (Å²) in [5.74, 6) is 1.62. The van der Waals surface area contributed by atoms with E-state index in [2.05, 4.69) is 23.3 Å². The summed E-state index contributed by atoms with van der Waals surface area (Å²) in [4.78, 5) is 4.34. The van der Waals surface area contributed by atoms with Crippen LogP contribution in [0, 0.1) is 18.3 Å². The summed E-state index contributed by atoms with van der Waals surface area (Å²) in [5.41, 5.74) is 2.62. The SMILES string of the molecule is CCCNc1ccc(COc2cc(C#N)ccc2C)cn1. The molecule has 21 heavy (non-hydrogen) atoms. The van der Waals surface area contributed by atoms with Crippen molar-refractivity contribution >= 4 is 5.82 Å². The van der Waals surface area contributed by atoms with E-state index in [1.807, 2.05) is 31.3 Å². The molecule has 1 aromatic heterocycles. The summed E-state index contributed by atoms with van der Waals surface area (Å²) in [6.45, 7) is 5.44. The normalized spacial score (nSPS) is 9.95. The summed E-state index contributed by atoms with van der Waals surface area (Å²) >= 11 is 0. The topological polar surface area (TPSA) is 57.9 Å². The van der Waals surface area contributed by atoms with E-state index in [1.165, 1.54) is 0 Å². The van der Waals surface area contributed by atoms with Crippen LogP contribution in [0.2, 0.25) is 0 Å². The maximum atomic E-state index is 8.92. The van der Waals surface area contributed by atoms with Crippen molar-refractivity contribution in [2.45, 2.75) is 26.9 Å². The summed E-state index contributed by atoms with van der Waals surface area (Å²) < 4.78 is 5.77. The maximum absolute atomic E-state index is 8.92. The standard InChI is InChI=1S/C17H19N3O/c1-3-8-19-17-7-6-15(11-20-17)12-21-16-9-14(10-18)5-4-13(16)2/h4-7,9,11H,3,8,12H2,1-2H3,(H,19,20). The lowest BCUT2D eigenvalue weighted by atomic mass is 10.1. The van der Waals surface area contributed by atoms with Gasteiger partial charge in [0.2, 0.25) is 0 Å². The van der Waals surface area contributed by atoms with E-state index in [0.29, 0.717) is 12.2 Å². The molecule has 1 heterocycles. The average molecular weight is 281 g/mol. The summed E-state index contributed by atoms with van der Waals surface area (Å²) in [6, 6.07) is 11.5. The molecule has 0 bridgehead atoms. The Bertz CT molecular complexity index is 629. The predicted molar refractivity (Wildman–Crippen MR) is 83.2 cm³/mol. The van der Waals surface area contributed by atoms with Crippen LogP contribution in [0.15, 0.2) is 36.5 Å². The van der Waals surface area contributed by atoms with Gasteiger partial charge in [-0.05, 0) is 37.1 Å². The third-order valence-corrected chi connectivity index (χ3v) is 3.09. The number of ether oxygens (including phenoxy) is 1. The van der Waals surface area contributed by atoms with Crippen LogP contribution in [-0.2, 0) is 6.61 Å². The van der Waals surface area contributed by atoms with Crippen LogP contribution in [0.4, 0.5) is 5.82 Å².